The van der Waals surface area contributed by atoms with Crippen LogP contribution in [-0.4, -0.2) is 25.7 Å². The number of nitrogens with two attached hydrogens (primary N) is 1. The largest absolute Gasteiger partial charge is 0.399 e. The highest BCUT2D eigenvalue weighted by Crippen LogP contribution is 2.04. The average Bonchev–Trinajstić information content (AvgIpc) is 2.34. The summed E-state index contributed by atoms with van der Waals surface area (Å²) in [6.07, 6.45) is 5.76. The van der Waals surface area contributed by atoms with Crippen molar-refractivity contribution in [1.29, 1.82) is 0 Å². The van der Waals surface area contributed by atoms with Crippen molar-refractivity contribution < 1.29 is 9.53 Å². The molecule has 4 heteroatoms. The quantitative estimate of drug-likeness (QED) is 0.437. The molecule has 0 radical (unpaired) electrons. The summed E-state index contributed by atoms with van der Waals surface area (Å²) < 4.78 is 5.08. The molecular weight excluding hydrogens is 216 g/mol. The zero-order valence-corrected chi connectivity index (χ0v) is 9.61. The number of amides is 1. The van der Waals surface area contributed by atoms with Crippen LogP contribution in [0.1, 0.15) is 16.8 Å². The first-order valence-corrected chi connectivity index (χ1v) is 5.39. The second-order valence-electron chi connectivity index (χ2n) is 3.49. The van der Waals surface area contributed by atoms with Crippen LogP contribution in [0.5, 0.6) is 0 Å². The molecular formula is C13H16N2O2. The molecule has 0 heterocycles. The molecule has 0 saturated carbocycles. The number of terminal acetylenes is 1. The van der Waals surface area contributed by atoms with Crippen LogP contribution in [0, 0.1) is 12.3 Å². The van der Waals surface area contributed by atoms with Gasteiger partial charge in [-0.05, 0) is 30.7 Å². The van der Waals surface area contributed by atoms with Gasteiger partial charge in [-0.25, -0.2) is 0 Å². The van der Waals surface area contributed by atoms with Crippen molar-refractivity contribution in [3.63, 3.8) is 0 Å². The normalized spacial score (nSPS) is 9.59. The maximum Gasteiger partial charge on any atom is 0.251 e. The van der Waals surface area contributed by atoms with E-state index in [1.165, 1.54) is 0 Å². The van der Waals surface area contributed by atoms with Crippen molar-refractivity contribution in [2.45, 2.75) is 6.42 Å². The molecule has 3 N–H and O–H groups in total. The van der Waals surface area contributed by atoms with E-state index in [9.17, 15) is 4.79 Å². The molecule has 0 aliphatic rings. The third kappa shape index (κ3) is 5.05. The van der Waals surface area contributed by atoms with Gasteiger partial charge in [-0.3, -0.25) is 4.79 Å². The number of benzene rings is 1. The van der Waals surface area contributed by atoms with E-state index in [2.05, 4.69) is 11.2 Å². The van der Waals surface area contributed by atoms with E-state index in [0.717, 1.165) is 6.42 Å². The second-order valence-corrected chi connectivity index (χ2v) is 3.49. The molecule has 4 nitrogen and oxygen atoms in total. The van der Waals surface area contributed by atoms with Crippen molar-refractivity contribution in [2.24, 2.45) is 0 Å². The maximum atomic E-state index is 11.6. The minimum Gasteiger partial charge on any atom is -0.399 e. The summed E-state index contributed by atoms with van der Waals surface area (Å²) in [5.41, 5.74) is 6.77. The minimum absolute atomic E-state index is 0.109. The monoisotopic (exact) mass is 232 g/mol. The topological polar surface area (TPSA) is 64.3 Å². The van der Waals surface area contributed by atoms with Crippen LogP contribution in [0.2, 0.25) is 0 Å². The van der Waals surface area contributed by atoms with Gasteiger partial charge in [0.1, 0.15) is 6.61 Å². The predicted molar refractivity (Wildman–Crippen MR) is 67.5 cm³/mol. The van der Waals surface area contributed by atoms with Crippen LogP contribution in [0.4, 0.5) is 5.69 Å². The Morgan fingerprint density at radius 1 is 1.41 bits per heavy atom. The van der Waals surface area contributed by atoms with Crippen molar-refractivity contribution in [3.05, 3.63) is 29.8 Å². The summed E-state index contributed by atoms with van der Waals surface area (Å²) in [6, 6.07) is 6.79. The number of carbonyl (C=O) groups is 1. The van der Waals surface area contributed by atoms with Crippen LogP contribution in [-0.2, 0) is 4.74 Å². The number of hydrogen-bond acceptors (Lipinski definition) is 3. The predicted octanol–water partition coefficient (Wildman–Crippen LogP) is 1.04. The number of nitrogens with one attached hydrogen (secondary N) is 1. The number of nitrogen functional groups attached to an aromatic ring is 1. The zero-order valence-electron chi connectivity index (χ0n) is 9.61. The van der Waals surface area contributed by atoms with Crippen molar-refractivity contribution in [3.8, 4) is 12.3 Å². The molecule has 0 aromatic heterocycles. The van der Waals surface area contributed by atoms with Crippen molar-refractivity contribution in [1.82, 2.24) is 5.32 Å². The summed E-state index contributed by atoms with van der Waals surface area (Å²) in [5, 5.41) is 2.78. The van der Waals surface area contributed by atoms with Gasteiger partial charge in [0, 0.05) is 24.4 Å². The molecule has 1 amide bonds. The molecule has 1 aromatic rings. The second kappa shape index (κ2) is 7.31. The van der Waals surface area contributed by atoms with Gasteiger partial charge in [0.15, 0.2) is 0 Å². The Hall–Kier alpha value is -1.99. The van der Waals surface area contributed by atoms with Gasteiger partial charge in [-0.15, -0.1) is 6.42 Å². The molecule has 0 atom stereocenters. The lowest BCUT2D eigenvalue weighted by molar-refractivity contribution is 0.0946. The molecule has 0 unspecified atom stereocenters. The lowest BCUT2D eigenvalue weighted by atomic mass is 10.2. The van der Waals surface area contributed by atoms with E-state index in [-0.39, 0.29) is 5.91 Å². The summed E-state index contributed by atoms with van der Waals surface area (Å²) in [5.74, 6) is 2.27. The van der Waals surface area contributed by atoms with E-state index in [0.29, 0.717) is 31.0 Å². The first kappa shape index (κ1) is 13.1. The van der Waals surface area contributed by atoms with E-state index in [4.69, 9.17) is 16.9 Å². The summed E-state index contributed by atoms with van der Waals surface area (Å²) in [6.45, 7) is 1.42. The van der Waals surface area contributed by atoms with Crippen molar-refractivity contribution in [2.75, 3.05) is 25.5 Å². The van der Waals surface area contributed by atoms with Gasteiger partial charge in [0.2, 0.25) is 0 Å². The van der Waals surface area contributed by atoms with Crippen LogP contribution >= 0.6 is 0 Å². The fourth-order valence-corrected chi connectivity index (χ4v) is 1.24. The average molecular weight is 232 g/mol. The Labute approximate surface area is 101 Å². The summed E-state index contributed by atoms with van der Waals surface area (Å²) >= 11 is 0. The van der Waals surface area contributed by atoms with Crippen molar-refractivity contribution >= 4 is 11.6 Å². The van der Waals surface area contributed by atoms with Crippen LogP contribution in [0.3, 0.4) is 0 Å². The minimum atomic E-state index is -0.109. The van der Waals surface area contributed by atoms with Gasteiger partial charge in [-0.1, -0.05) is 5.92 Å². The van der Waals surface area contributed by atoms with E-state index >= 15 is 0 Å². The third-order valence-electron chi connectivity index (χ3n) is 2.11. The lowest BCUT2D eigenvalue weighted by Crippen LogP contribution is -2.25. The molecule has 0 bridgehead atoms. The molecule has 0 aliphatic heterocycles. The Morgan fingerprint density at radius 2 is 2.12 bits per heavy atom. The molecule has 1 rings (SSSR count). The van der Waals surface area contributed by atoms with Crippen LogP contribution in [0.15, 0.2) is 24.3 Å². The van der Waals surface area contributed by atoms with E-state index in [1.807, 2.05) is 0 Å². The zero-order chi connectivity index (χ0) is 12.5. The first-order valence-electron chi connectivity index (χ1n) is 5.39. The highest BCUT2D eigenvalue weighted by atomic mass is 16.5. The molecule has 1 aromatic carbocycles. The number of rotatable bonds is 6. The molecule has 90 valence electrons. The number of hydrogen-bond donors (Lipinski definition) is 2. The molecule has 17 heavy (non-hydrogen) atoms. The number of anilines is 1. The Kier molecular flexibility index (Phi) is 5.62. The van der Waals surface area contributed by atoms with Gasteiger partial charge in [0.25, 0.3) is 5.91 Å². The molecule has 0 spiro atoms. The van der Waals surface area contributed by atoms with Crippen LogP contribution < -0.4 is 11.1 Å². The molecule has 0 saturated heterocycles. The van der Waals surface area contributed by atoms with Crippen LogP contribution in [0.25, 0.3) is 0 Å². The third-order valence-corrected chi connectivity index (χ3v) is 2.11. The Bertz CT molecular complexity index is 393. The molecule has 0 fully saturated rings. The maximum absolute atomic E-state index is 11.6. The Balaban J connectivity index is 2.21. The number of carbonyl (C=O) groups excluding carboxylic acids is 1. The van der Waals surface area contributed by atoms with E-state index in [1.54, 1.807) is 24.3 Å². The Morgan fingerprint density at radius 3 is 2.76 bits per heavy atom. The van der Waals surface area contributed by atoms with Gasteiger partial charge >= 0.3 is 0 Å². The summed E-state index contributed by atoms with van der Waals surface area (Å²) in [4.78, 5) is 11.6. The number of ether oxygens (including phenoxy) is 1. The van der Waals surface area contributed by atoms with Gasteiger partial charge in [0.05, 0.1) is 0 Å². The smallest absolute Gasteiger partial charge is 0.251 e. The first-order chi connectivity index (χ1) is 8.24. The SMILES string of the molecule is C#CCOCCCNC(=O)c1ccc(N)cc1. The molecule has 0 aliphatic carbocycles. The summed E-state index contributed by atoms with van der Waals surface area (Å²) in [7, 11) is 0. The highest BCUT2D eigenvalue weighted by molar-refractivity contribution is 5.94. The lowest BCUT2D eigenvalue weighted by Gasteiger charge is -2.05. The fourth-order valence-electron chi connectivity index (χ4n) is 1.24. The van der Waals surface area contributed by atoms with Gasteiger partial charge < -0.3 is 15.8 Å². The highest BCUT2D eigenvalue weighted by Gasteiger charge is 2.03. The standard InChI is InChI=1S/C13H16N2O2/c1-2-9-17-10-3-8-15-13(16)11-4-6-12(14)7-5-11/h1,4-7H,3,8-10,14H2,(H,15,16). The van der Waals surface area contributed by atoms with Gasteiger partial charge in [-0.2, -0.15) is 0 Å². The van der Waals surface area contributed by atoms with E-state index < -0.39 is 0 Å². The fraction of sp³-hybridized carbons (Fsp3) is 0.308.